The first-order valence-electron chi connectivity index (χ1n) is 9.89. The number of aryl methyl sites for hydroxylation is 1. The minimum absolute atomic E-state index is 0.0274. The number of benzene rings is 2. The maximum Gasteiger partial charge on any atom is 0.238 e. The fraction of sp³-hybridized carbons (Fsp3) is 0.409. The van der Waals surface area contributed by atoms with E-state index in [2.05, 4.69) is 48.3 Å². The van der Waals surface area contributed by atoms with Gasteiger partial charge in [-0.1, -0.05) is 44.2 Å². The Morgan fingerprint density at radius 2 is 1.83 bits per heavy atom. The zero-order valence-corrected chi connectivity index (χ0v) is 18.0. The summed E-state index contributed by atoms with van der Waals surface area (Å²) in [5, 5.41) is 8.06. The summed E-state index contributed by atoms with van der Waals surface area (Å²) in [4.78, 5) is 14.8. The molecule has 0 bridgehead atoms. The molecule has 0 aliphatic heterocycles. The molecule has 29 heavy (non-hydrogen) atoms. The summed E-state index contributed by atoms with van der Waals surface area (Å²) >= 11 is 0. The quantitative estimate of drug-likeness (QED) is 0.691. The number of anilines is 1. The lowest BCUT2D eigenvalue weighted by molar-refractivity contribution is -0.117. The van der Waals surface area contributed by atoms with E-state index in [0.29, 0.717) is 29.8 Å². The summed E-state index contributed by atoms with van der Waals surface area (Å²) in [5.41, 5.74) is 3.46. The molecule has 1 aliphatic carbocycles. The van der Waals surface area contributed by atoms with Gasteiger partial charge < -0.3 is 5.32 Å². The van der Waals surface area contributed by atoms with E-state index in [1.807, 2.05) is 0 Å². The monoisotopic (exact) mass is 415 g/mol. The molecule has 0 spiro atoms. The van der Waals surface area contributed by atoms with Crippen molar-refractivity contribution in [3.8, 4) is 0 Å². The highest BCUT2D eigenvalue weighted by Gasteiger charge is 2.30. The van der Waals surface area contributed by atoms with Gasteiger partial charge in [0.2, 0.25) is 15.9 Å². The van der Waals surface area contributed by atoms with Crippen molar-refractivity contribution < 1.29 is 13.2 Å². The first kappa shape index (κ1) is 21.5. The molecule has 2 aromatic carbocycles. The number of rotatable bonds is 8. The molecule has 2 aromatic rings. The van der Waals surface area contributed by atoms with E-state index in [1.165, 1.54) is 17.2 Å². The predicted molar refractivity (Wildman–Crippen MR) is 115 cm³/mol. The van der Waals surface area contributed by atoms with Crippen molar-refractivity contribution in [3.05, 3.63) is 59.2 Å². The topological polar surface area (TPSA) is 92.5 Å². The lowest BCUT2D eigenvalue weighted by Gasteiger charge is -2.22. The third-order valence-electron chi connectivity index (χ3n) is 5.22. The average molecular weight is 416 g/mol. The maximum atomic E-state index is 12.6. The van der Waals surface area contributed by atoms with E-state index in [-0.39, 0.29) is 17.3 Å². The normalized spacial score (nSPS) is 14.4. The molecule has 0 heterocycles. The second-order valence-corrected chi connectivity index (χ2v) is 9.64. The van der Waals surface area contributed by atoms with Crippen LogP contribution in [-0.2, 0) is 21.4 Å². The van der Waals surface area contributed by atoms with Crippen molar-refractivity contribution in [1.29, 1.82) is 0 Å². The fourth-order valence-corrected chi connectivity index (χ4v) is 4.17. The number of hydrogen-bond donors (Lipinski definition) is 2. The Balaban J connectivity index is 1.66. The molecule has 1 fully saturated rings. The molecule has 0 saturated heterocycles. The molecule has 0 unspecified atom stereocenters. The highest BCUT2D eigenvalue weighted by molar-refractivity contribution is 7.89. The van der Waals surface area contributed by atoms with Crippen LogP contribution in [0, 0.1) is 6.92 Å². The lowest BCUT2D eigenvalue weighted by atomic mass is 10.0. The van der Waals surface area contributed by atoms with E-state index < -0.39 is 10.0 Å². The van der Waals surface area contributed by atoms with Gasteiger partial charge >= 0.3 is 0 Å². The SMILES string of the molecule is Cc1ccc(NC(=O)CN(Cc2ccc(C(C)C)cc2)C2CC2)cc1S(N)(=O)=O. The molecule has 1 saturated carbocycles. The van der Waals surface area contributed by atoms with Crippen LogP contribution in [0.5, 0.6) is 0 Å². The molecule has 6 nitrogen and oxygen atoms in total. The van der Waals surface area contributed by atoms with Gasteiger partial charge in [-0.25, -0.2) is 13.6 Å². The van der Waals surface area contributed by atoms with Crippen molar-refractivity contribution in [2.45, 2.75) is 57.0 Å². The van der Waals surface area contributed by atoms with Crippen molar-refractivity contribution >= 4 is 21.6 Å². The van der Waals surface area contributed by atoms with Crippen LogP contribution in [0.1, 0.15) is 49.3 Å². The number of amides is 1. The molecule has 156 valence electrons. The Kier molecular flexibility index (Phi) is 6.41. The Hall–Kier alpha value is -2.22. The molecular weight excluding hydrogens is 386 g/mol. The molecular formula is C22H29N3O3S. The Morgan fingerprint density at radius 1 is 1.17 bits per heavy atom. The van der Waals surface area contributed by atoms with Gasteiger partial charge in [-0.05, 0) is 54.5 Å². The van der Waals surface area contributed by atoms with E-state index in [9.17, 15) is 13.2 Å². The largest absolute Gasteiger partial charge is 0.325 e. The molecule has 3 rings (SSSR count). The number of primary sulfonamides is 1. The van der Waals surface area contributed by atoms with Crippen LogP contribution in [0.25, 0.3) is 0 Å². The molecule has 7 heteroatoms. The van der Waals surface area contributed by atoms with Crippen LogP contribution in [0.3, 0.4) is 0 Å². The zero-order valence-electron chi connectivity index (χ0n) is 17.2. The molecule has 3 N–H and O–H groups in total. The van der Waals surface area contributed by atoms with Crippen LogP contribution < -0.4 is 10.5 Å². The van der Waals surface area contributed by atoms with Crippen LogP contribution in [0.15, 0.2) is 47.4 Å². The third-order valence-corrected chi connectivity index (χ3v) is 6.27. The number of hydrogen-bond acceptors (Lipinski definition) is 4. The third kappa shape index (κ3) is 5.88. The number of nitrogens with zero attached hydrogens (tertiary/aromatic N) is 1. The second kappa shape index (κ2) is 8.65. The fourth-order valence-electron chi connectivity index (χ4n) is 3.37. The lowest BCUT2D eigenvalue weighted by Crippen LogP contribution is -2.34. The highest BCUT2D eigenvalue weighted by atomic mass is 32.2. The summed E-state index contributed by atoms with van der Waals surface area (Å²) in [6.07, 6.45) is 2.19. The van der Waals surface area contributed by atoms with Gasteiger partial charge in [-0.2, -0.15) is 0 Å². The van der Waals surface area contributed by atoms with Crippen LogP contribution in [0.2, 0.25) is 0 Å². The molecule has 0 atom stereocenters. The summed E-state index contributed by atoms with van der Waals surface area (Å²) < 4.78 is 23.4. The Morgan fingerprint density at radius 3 is 2.38 bits per heavy atom. The number of nitrogens with one attached hydrogen (secondary N) is 1. The molecule has 0 radical (unpaired) electrons. The molecule has 1 amide bonds. The van der Waals surface area contributed by atoms with Crippen molar-refractivity contribution in [3.63, 3.8) is 0 Å². The zero-order chi connectivity index (χ0) is 21.2. The van der Waals surface area contributed by atoms with Crippen molar-refractivity contribution in [2.75, 3.05) is 11.9 Å². The molecule has 0 aromatic heterocycles. The molecule has 1 aliphatic rings. The Bertz CT molecular complexity index is 981. The number of nitrogens with two attached hydrogens (primary N) is 1. The summed E-state index contributed by atoms with van der Waals surface area (Å²) in [5.74, 6) is 0.325. The summed E-state index contributed by atoms with van der Waals surface area (Å²) in [6.45, 7) is 6.98. The van der Waals surface area contributed by atoms with E-state index in [4.69, 9.17) is 5.14 Å². The van der Waals surface area contributed by atoms with E-state index >= 15 is 0 Å². The van der Waals surface area contributed by atoms with Crippen LogP contribution >= 0.6 is 0 Å². The van der Waals surface area contributed by atoms with Gasteiger partial charge in [-0.15, -0.1) is 0 Å². The minimum atomic E-state index is -3.83. The summed E-state index contributed by atoms with van der Waals surface area (Å²) in [6, 6.07) is 13.7. The first-order chi connectivity index (χ1) is 13.6. The highest BCUT2D eigenvalue weighted by Crippen LogP contribution is 2.28. The first-order valence-corrected chi connectivity index (χ1v) is 11.4. The van der Waals surface area contributed by atoms with Gasteiger partial charge in [0, 0.05) is 18.3 Å². The van der Waals surface area contributed by atoms with Gasteiger partial charge in [0.05, 0.1) is 11.4 Å². The number of carbonyl (C=O) groups is 1. The van der Waals surface area contributed by atoms with Gasteiger partial charge in [0.1, 0.15) is 0 Å². The van der Waals surface area contributed by atoms with Gasteiger partial charge in [0.15, 0.2) is 0 Å². The standard InChI is InChI=1S/C22H29N3O3S/c1-15(2)18-7-5-17(6-8-18)13-25(20-10-11-20)14-22(26)24-19-9-4-16(3)21(12-19)29(23,27)28/h4-9,12,15,20H,10-11,13-14H2,1-3H3,(H,24,26)(H2,23,27,28). The van der Waals surface area contributed by atoms with Gasteiger partial charge in [0.25, 0.3) is 0 Å². The average Bonchev–Trinajstić information content (AvgIpc) is 3.47. The number of carbonyl (C=O) groups excluding carboxylic acids is 1. The number of sulfonamides is 1. The second-order valence-electron chi connectivity index (χ2n) is 8.11. The Labute approximate surface area is 173 Å². The van der Waals surface area contributed by atoms with Crippen molar-refractivity contribution in [1.82, 2.24) is 4.90 Å². The predicted octanol–water partition coefficient (Wildman–Crippen LogP) is 3.37. The smallest absolute Gasteiger partial charge is 0.238 e. The van der Waals surface area contributed by atoms with E-state index in [0.717, 1.165) is 12.8 Å². The van der Waals surface area contributed by atoms with E-state index in [1.54, 1.807) is 19.1 Å². The summed E-state index contributed by atoms with van der Waals surface area (Å²) in [7, 11) is -3.83. The van der Waals surface area contributed by atoms with Crippen LogP contribution in [-0.4, -0.2) is 31.8 Å². The van der Waals surface area contributed by atoms with Gasteiger partial charge in [-0.3, -0.25) is 9.69 Å². The van der Waals surface area contributed by atoms with Crippen LogP contribution in [0.4, 0.5) is 5.69 Å². The van der Waals surface area contributed by atoms with Crippen molar-refractivity contribution in [2.24, 2.45) is 5.14 Å². The maximum absolute atomic E-state index is 12.6. The minimum Gasteiger partial charge on any atom is -0.325 e.